The van der Waals surface area contributed by atoms with E-state index in [1.807, 2.05) is 39.5 Å². The van der Waals surface area contributed by atoms with E-state index >= 15 is 0 Å². The lowest BCUT2D eigenvalue weighted by Gasteiger charge is -2.33. The molecule has 0 heterocycles. The van der Waals surface area contributed by atoms with Gasteiger partial charge in [-0.2, -0.15) is 0 Å². The minimum atomic E-state index is -2.89. The fraction of sp³-hybridized carbons (Fsp3) is 0.520. The van der Waals surface area contributed by atoms with E-state index in [1.165, 1.54) is 11.1 Å². The molecule has 0 saturated heterocycles. The van der Waals surface area contributed by atoms with Crippen LogP contribution in [0.5, 0.6) is 0 Å². The second kappa shape index (κ2) is 15.1. The van der Waals surface area contributed by atoms with E-state index in [4.69, 9.17) is 21.8 Å². The van der Waals surface area contributed by atoms with Crippen molar-refractivity contribution < 1.29 is 21.8 Å². The van der Waals surface area contributed by atoms with E-state index in [2.05, 4.69) is 67.6 Å². The minimum absolute atomic E-state index is 0.140. The van der Waals surface area contributed by atoms with Crippen molar-refractivity contribution in [3.8, 4) is 0 Å². The Balaban J connectivity index is 2.13. The lowest BCUT2D eigenvalue weighted by atomic mass is 9.92. The third-order valence-corrected chi connectivity index (χ3v) is 12.7. The monoisotopic (exact) mass is 508 g/mol. The maximum atomic E-state index is 6.38. The standard InChI is InChI=1S/C25H40O5SSi2/c1-6-26-32(27-7-2)30-33(28-8-3,29-9-4)22-16-21-31-25(5,23-17-12-10-13-18-23)24-19-14-11-15-20-24/h10-15,17-20,32H,6-9,16,21-22H2,1-5H3. The smallest absolute Gasteiger partial charge is 0.377 e. The Bertz CT molecular complexity index is 714. The Kier molecular flexibility index (Phi) is 12.9. The van der Waals surface area contributed by atoms with Gasteiger partial charge in [-0.05, 0) is 57.9 Å². The third-order valence-electron chi connectivity index (χ3n) is 5.28. The van der Waals surface area contributed by atoms with Gasteiger partial charge in [0.2, 0.25) is 0 Å². The summed E-state index contributed by atoms with van der Waals surface area (Å²) in [6.07, 6.45) is 0.922. The van der Waals surface area contributed by atoms with Gasteiger partial charge in [-0.25, -0.2) is 0 Å². The molecule has 184 valence electrons. The maximum absolute atomic E-state index is 6.38. The molecular weight excluding hydrogens is 469 g/mol. The second-order valence-electron chi connectivity index (χ2n) is 7.58. The molecule has 0 bridgehead atoms. The predicted molar refractivity (Wildman–Crippen MR) is 142 cm³/mol. The van der Waals surface area contributed by atoms with Crippen molar-refractivity contribution in [2.75, 3.05) is 32.2 Å². The zero-order valence-corrected chi connectivity index (χ0v) is 23.7. The highest BCUT2D eigenvalue weighted by atomic mass is 32.2. The first-order valence-corrected chi connectivity index (χ1v) is 16.3. The Morgan fingerprint density at radius 3 is 1.67 bits per heavy atom. The van der Waals surface area contributed by atoms with E-state index in [1.54, 1.807) is 0 Å². The van der Waals surface area contributed by atoms with Crippen LogP contribution >= 0.6 is 11.8 Å². The molecule has 2 aromatic rings. The number of thioether (sulfide) groups is 1. The summed E-state index contributed by atoms with van der Waals surface area (Å²) in [6.45, 7) is 12.4. The molecule has 0 saturated carbocycles. The van der Waals surface area contributed by atoms with Crippen LogP contribution in [0.2, 0.25) is 6.04 Å². The Hall–Kier alpha value is -0.976. The molecule has 0 aliphatic heterocycles. The van der Waals surface area contributed by atoms with Crippen LogP contribution in [0.25, 0.3) is 0 Å². The summed E-state index contributed by atoms with van der Waals surface area (Å²) in [5, 5.41) is 0. The van der Waals surface area contributed by atoms with Gasteiger partial charge in [-0.15, -0.1) is 11.8 Å². The molecule has 2 rings (SSSR count). The number of benzene rings is 2. The van der Waals surface area contributed by atoms with Gasteiger partial charge in [0.05, 0.1) is 4.75 Å². The van der Waals surface area contributed by atoms with Crippen molar-refractivity contribution in [1.29, 1.82) is 0 Å². The van der Waals surface area contributed by atoms with Crippen molar-refractivity contribution >= 4 is 30.1 Å². The van der Waals surface area contributed by atoms with Gasteiger partial charge in [0.1, 0.15) is 0 Å². The van der Waals surface area contributed by atoms with E-state index in [0.29, 0.717) is 26.4 Å². The highest BCUT2D eigenvalue weighted by Crippen LogP contribution is 2.43. The largest absolute Gasteiger partial charge is 0.493 e. The summed E-state index contributed by atoms with van der Waals surface area (Å²) < 4.78 is 30.1. The molecule has 33 heavy (non-hydrogen) atoms. The Labute approximate surface area is 207 Å². The summed E-state index contributed by atoms with van der Waals surface area (Å²) in [5.74, 6) is 0.952. The average Bonchev–Trinajstić information content (AvgIpc) is 2.83. The highest BCUT2D eigenvalue weighted by Gasteiger charge is 2.44. The predicted octanol–water partition coefficient (Wildman–Crippen LogP) is 5.89. The van der Waals surface area contributed by atoms with Crippen LogP contribution in [0.4, 0.5) is 0 Å². The lowest BCUT2D eigenvalue weighted by molar-refractivity contribution is 0.0695. The number of hydrogen-bond donors (Lipinski definition) is 0. The molecule has 0 aromatic heterocycles. The summed E-state index contributed by atoms with van der Waals surface area (Å²) >= 11 is 1.95. The van der Waals surface area contributed by atoms with E-state index in [0.717, 1.165) is 18.2 Å². The first-order chi connectivity index (χ1) is 16.0. The first kappa shape index (κ1) is 28.3. The third kappa shape index (κ3) is 8.63. The van der Waals surface area contributed by atoms with Crippen LogP contribution in [0.3, 0.4) is 0 Å². The molecule has 0 unspecified atom stereocenters. The molecule has 0 radical (unpaired) electrons. The molecule has 0 aliphatic rings. The van der Waals surface area contributed by atoms with Crippen LogP contribution in [-0.4, -0.2) is 50.5 Å². The summed E-state index contributed by atoms with van der Waals surface area (Å²) in [5.41, 5.74) is 2.60. The summed E-state index contributed by atoms with van der Waals surface area (Å²) in [7, 11) is -5.19. The number of hydrogen-bond acceptors (Lipinski definition) is 6. The Morgan fingerprint density at radius 2 is 1.24 bits per heavy atom. The topological polar surface area (TPSA) is 46.2 Å². The van der Waals surface area contributed by atoms with Crippen LogP contribution in [0.1, 0.15) is 52.2 Å². The fourth-order valence-corrected chi connectivity index (χ4v) is 10.5. The van der Waals surface area contributed by atoms with Crippen molar-refractivity contribution in [1.82, 2.24) is 0 Å². The van der Waals surface area contributed by atoms with E-state index < -0.39 is 18.3 Å². The summed E-state index contributed by atoms with van der Waals surface area (Å²) in [4.78, 5) is 0. The molecule has 0 atom stereocenters. The van der Waals surface area contributed by atoms with Crippen LogP contribution in [0.15, 0.2) is 60.7 Å². The molecule has 8 heteroatoms. The van der Waals surface area contributed by atoms with Crippen molar-refractivity contribution in [3.63, 3.8) is 0 Å². The quantitative estimate of drug-likeness (QED) is 0.196. The van der Waals surface area contributed by atoms with Gasteiger partial charge in [0.15, 0.2) is 0 Å². The molecule has 0 amide bonds. The second-order valence-corrected chi connectivity index (χ2v) is 13.7. The van der Waals surface area contributed by atoms with E-state index in [9.17, 15) is 0 Å². The van der Waals surface area contributed by atoms with Gasteiger partial charge >= 0.3 is 18.3 Å². The fourth-order valence-electron chi connectivity index (χ4n) is 3.70. The van der Waals surface area contributed by atoms with Crippen LogP contribution < -0.4 is 0 Å². The lowest BCUT2D eigenvalue weighted by Crippen LogP contribution is -2.51. The number of rotatable bonds is 17. The van der Waals surface area contributed by atoms with Crippen LogP contribution in [-0.2, 0) is 26.6 Å². The van der Waals surface area contributed by atoms with Gasteiger partial charge < -0.3 is 21.8 Å². The first-order valence-electron chi connectivity index (χ1n) is 12.0. The molecule has 0 N–H and O–H groups in total. The van der Waals surface area contributed by atoms with Crippen LogP contribution in [0, 0.1) is 0 Å². The van der Waals surface area contributed by atoms with E-state index in [-0.39, 0.29) is 4.75 Å². The molecular formula is C25H40O5SSi2. The highest BCUT2D eigenvalue weighted by molar-refractivity contribution is 8.00. The molecule has 2 aromatic carbocycles. The van der Waals surface area contributed by atoms with Crippen molar-refractivity contribution in [2.24, 2.45) is 0 Å². The van der Waals surface area contributed by atoms with Crippen molar-refractivity contribution in [2.45, 2.75) is 51.8 Å². The zero-order chi connectivity index (χ0) is 24.0. The molecule has 0 fully saturated rings. The normalized spacial score (nSPS) is 12.4. The van der Waals surface area contributed by atoms with Gasteiger partial charge in [-0.1, -0.05) is 60.7 Å². The van der Waals surface area contributed by atoms with Gasteiger partial charge in [0, 0.05) is 32.5 Å². The molecule has 5 nitrogen and oxygen atoms in total. The average molecular weight is 509 g/mol. The van der Waals surface area contributed by atoms with Gasteiger partial charge in [0.25, 0.3) is 0 Å². The maximum Gasteiger partial charge on any atom is 0.493 e. The summed E-state index contributed by atoms with van der Waals surface area (Å²) in [6, 6.07) is 22.2. The van der Waals surface area contributed by atoms with Crippen molar-refractivity contribution in [3.05, 3.63) is 71.8 Å². The minimum Gasteiger partial charge on any atom is -0.377 e. The SMILES string of the molecule is CCO[SiH](OCC)O[Si](CCCSC(C)(c1ccccc1)c1ccccc1)(OCC)OCC. The Morgan fingerprint density at radius 1 is 0.758 bits per heavy atom. The zero-order valence-electron chi connectivity index (χ0n) is 20.8. The molecule has 0 spiro atoms. The van der Waals surface area contributed by atoms with Gasteiger partial charge in [-0.3, -0.25) is 0 Å². The molecule has 0 aliphatic carbocycles.